The highest BCUT2D eigenvalue weighted by molar-refractivity contribution is 6.06. The van der Waals surface area contributed by atoms with E-state index in [1.54, 1.807) is 0 Å². The molecule has 27 heavy (non-hydrogen) atoms. The van der Waals surface area contributed by atoms with Gasteiger partial charge in [-0.2, -0.15) is 0 Å². The number of aliphatic imine (C=N–C) groups is 1. The first-order valence-corrected chi connectivity index (χ1v) is 10.1. The third-order valence-electron chi connectivity index (χ3n) is 4.45. The fraction of sp³-hybridized carbons (Fsp3) is 0.391. The molecule has 0 aromatic heterocycles. The Bertz CT molecular complexity index is 762. The molecule has 2 aliphatic heterocycles. The molecule has 0 atom stereocenters. The number of carbonyl (C=O) groups is 1. The largest absolute Gasteiger partial charge is 0.325 e. The average Bonchev–Trinajstić information content (AvgIpc) is 3.41. The number of nitrogens with zero attached hydrogens (tertiary/aromatic N) is 2. The zero-order valence-electron chi connectivity index (χ0n) is 17.0. The highest BCUT2D eigenvalue weighted by Crippen LogP contribution is 2.31. The first-order chi connectivity index (χ1) is 13.3. The fourth-order valence-corrected chi connectivity index (χ4v) is 3.18. The van der Waals surface area contributed by atoms with Crippen LogP contribution in [0.4, 0.5) is 16.2 Å². The first-order valence-electron chi connectivity index (χ1n) is 10.1. The van der Waals surface area contributed by atoms with Gasteiger partial charge >= 0.3 is 6.03 Å². The van der Waals surface area contributed by atoms with Gasteiger partial charge in [-0.3, -0.25) is 4.99 Å². The van der Waals surface area contributed by atoms with E-state index in [0.717, 1.165) is 55.0 Å². The molecule has 1 saturated heterocycles. The van der Waals surface area contributed by atoms with Gasteiger partial charge in [0.25, 0.3) is 0 Å². The van der Waals surface area contributed by atoms with Gasteiger partial charge in [0.05, 0.1) is 11.4 Å². The Labute approximate surface area is 163 Å². The van der Waals surface area contributed by atoms with E-state index >= 15 is 0 Å². The Hall–Kier alpha value is -2.62. The summed E-state index contributed by atoms with van der Waals surface area (Å²) >= 11 is 0. The molecule has 1 fully saturated rings. The van der Waals surface area contributed by atoms with Crippen LogP contribution in [-0.2, 0) is 6.42 Å². The normalized spacial score (nSPS) is 14.2. The number of likely N-dealkylation sites (tertiary alicyclic amines) is 1. The molecule has 2 aromatic rings. The van der Waals surface area contributed by atoms with E-state index in [2.05, 4.69) is 23.5 Å². The molecule has 1 N–H and O–H groups in total. The quantitative estimate of drug-likeness (QED) is 0.692. The van der Waals surface area contributed by atoms with Crippen molar-refractivity contribution < 1.29 is 4.79 Å². The van der Waals surface area contributed by atoms with Crippen LogP contribution in [0.5, 0.6) is 0 Å². The Kier molecular flexibility index (Phi) is 8.05. The van der Waals surface area contributed by atoms with Gasteiger partial charge in [0.2, 0.25) is 0 Å². The monoisotopic (exact) mass is 365 g/mol. The maximum atomic E-state index is 12.2. The van der Waals surface area contributed by atoms with Crippen molar-refractivity contribution in [2.24, 2.45) is 4.99 Å². The van der Waals surface area contributed by atoms with Crippen molar-refractivity contribution in [3.05, 3.63) is 59.7 Å². The summed E-state index contributed by atoms with van der Waals surface area (Å²) in [5, 5.41) is 2.99. The summed E-state index contributed by atoms with van der Waals surface area (Å²) in [6, 6.07) is 16.2. The summed E-state index contributed by atoms with van der Waals surface area (Å²) in [6.07, 6.45) is 3.05. The summed E-state index contributed by atoms with van der Waals surface area (Å²) in [7, 11) is 0. The van der Waals surface area contributed by atoms with E-state index in [4.69, 9.17) is 4.99 Å². The molecule has 4 rings (SSSR count). The lowest BCUT2D eigenvalue weighted by atomic mass is 10.0. The van der Waals surface area contributed by atoms with E-state index < -0.39 is 0 Å². The summed E-state index contributed by atoms with van der Waals surface area (Å²) in [6.45, 7) is 9.71. The Morgan fingerprint density at radius 3 is 2.30 bits per heavy atom. The molecule has 0 bridgehead atoms. The molecule has 2 amide bonds. The zero-order chi connectivity index (χ0) is 19.6. The smallest absolute Gasteiger partial charge is 0.321 e. The lowest BCUT2D eigenvalue weighted by molar-refractivity contribution is 0.222. The second-order valence-corrected chi connectivity index (χ2v) is 6.07. The second kappa shape index (κ2) is 10.5. The molecular weight excluding hydrogens is 334 g/mol. The molecule has 0 saturated carbocycles. The van der Waals surface area contributed by atoms with Crippen LogP contribution in [-0.4, -0.2) is 29.7 Å². The number of fused-ring (bicyclic) bond motifs is 1. The molecule has 0 spiro atoms. The minimum absolute atomic E-state index is 0.00675. The van der Waals surface area contributed by atoms with Crippen molar-refractivity contribution in [2.45, 2.75) is 47.0 Å². The molecule has 2 heterocycles. The lowest BCUT2D eigenvalue weighted by Crippen LogP contribution is -2.32. The maximum absolute atomic E-state index is 12.2. The fourth-order valence-electron chi connectivity index (χ4n) is 3.18. The average molecular weight is 366 g/mol. The number of hydrogen-bond acceptors (Lipinski definition) is 2. The second-order valence-electron chi connectivity index (χ2n) is 6.07. The molecule has 0 radical (unpaired) electrons. The lowest BCUT2D eigenvalue weighted by Gasteiger charge is -2.16. The molecule has 2 aromatic carbocycles. The van der Waals surface area contributed by atoms with Crippen LogP contribution in [0.25, 0.3) is 0 Å². The van der Waals surface area contributed by atoms with Crippen molar-refractivity contribution >= 4 is 23.1 Å². The zero-order valence-corrected chi connectivity index (χ0v) is 17.0. The summed E-state index contributed by atoms with van der Waals surface area (Å²) in [5.74, 6) is 0. The highest BCUT2D eigenvalue weighted by Gasteiger charge is 2.19. The summed E-state index contributed by atoms with van der Waals surface area (Å²) < 4.78 is 0. The summed E-state index contributed by atoms with van der Waals surface area (Å²) in [5.41, 5.74) is 5.24. The Morgan fingerprint density at radius 1 is 0.963 bits per heavy atom. The molecule has 0 unspecified atom stereocenters. The minimum atomic E-state index is -0.00675. The van der Waals surface area contributed by atoms with E-state index in [1.165, 1.54) is 5.56 Å². The first kappa shape index (κ1) is 20.7. The van der Waals surface area contributed by atoms with Gasteiger partial charge < -0.3 is 10.2 Å². The molecule has 144 valence electrons. The van der Waals surface area contributed by atoms with Crippen LogP contribution in [0.15, 0.2) is 53.5 Å². The Morgan fingerprint density at radius 2 is 1.63 bits per heavy atom. The number of benzene rings is 2. The van der Waals surface area contributed by atoms with Crippen molar-refractivity contribution in [3.8, 4) is 0 Å². The third-order valence-corrected chi connectivity index (χ3v) is 4.45. The summed E-state index contributed by atoms with van der Waals surface area (Å²) in [4.78, 5) is 18.8. The minimum Gasteiger partial charge on any atom is -0.325 e. The van der Waals surface area contributed by atoms with Gasteiger partial charge in [-0.1, -0.05) is 64.1 Å². The third kappa shape index (κ3) is 5.19. The number of anilines is 1. The van der Waals surface area contributed by atoms with E-state index in [0.29, 0.717) is 0 Å². The molecule has 4 nitrogen and oxygen atoms in total. The molecule has 0 aliphatic carbocycles. The molecule has 4 heteroatoms. The van der Waals surface area contributed by atoms with Crippen LogP contribution >= 0.6 is 0 Å². The van der Waals surface area contributed by atoms with Gasteiger partial charge in [0.1, 0.15) is 0 Å². The number of rotatable bonds is 2. The number of carbonyl (C=O) groups excluding carboxylic acids is 1. The van der Waals surface area contributed by atoms with Gasteiger partial charge in [0, 0.05) is 25.2 Å². The van der Waals surface area contributed by atoms with Crippen LogP contribution < -0.4 is 5.32 Å². The van der Waals surface area contributed by atoms with E-state index in [9.17, 15) is 4.79 Å². The van der Waals surface area contributed by atoms with E-state index in [-0.39, 0.29) is 6.03 Å². The van der Waals surface area contributed by atoms with Gasteiger partial charge in [-0.05, 0) is 36.1 Å². The number of urea groups is 1. The number of nitrogens with one attached hydrogen (secondary N) is 1. The van der Waals surface area contributed by atoms with Gasteiger partial charge in [-0.15, -0.1) is 0 Å². The number of amides is 2. The van der Waals surface area contributed by atoms with Gasteiger partial charge in [-0.25, -0.2) is 4.79 Å². The highest BCUT2D eigenvalue weighted by atomic mass is 16.2. The maximum Gasteiger partial charge on any atom is 0.321 e. The molecule has 2 aliphatic rings. The van der Waals surface area contributed by atoms with Crippen LogP contribution in [0, 0.1) is 0 Å². The van der Waals surface area contributed by atoms with Crippen molar-refractivity contribution in [2.75, 3.05) is 18.4 Å². The van der Waals surface area contributed by atoms with E-state index in [1.807, 2.05) is 62.9 Å². The molecular formula is C23H31N3O. The van der Waals surface area contributed by atoms with Gasteiger partial charge in [0.15, 0.2) is 0 Å². The van der Waals surface area contributed by atoms with Crippen LogP contribution in [0.2, 0.25) is 0 Å². The standard InChI is InChI=1S/C19H19N3O.2C2H6/c23-19(22-10-4-5-11-22)20-16-9-8-15-12-17(21-18(15)13-16)14-6-2-1-3-7-14;2*1-2/h1-3,6-9,13H,4-5,10-12H2,(H,20,23);2*1-2H3. The number of hydrogen-bond donors (Lipinski definition) is 1. The van der Waals surface area contributed by atoms with Crippen LogP contribution in [0.3, 0.4) is 0 Å². The van der Waals surface area contributed by atoms with Crippen LogP contribution in [0.1, 0.15) is 51.7 Å². The Balaban J connectivity index is 0.000000614. The topological polar surface area (TPSA) is 44.7 Å². The van der Waals surface area contributed by atoms with Crippen molar-refractivity contribution in [1.29, 1.82) is 0 Å². The SMILES string of the molecule is CC.CC.O=C(Nc1ccc2c(c1)N=C(c1ccccc1)C2)N1CCCC1. The predicted molar refractivity (Wildman–Crippen MR) is 115 cm³/mol. The van der Waals surface area contributed by atoms with Crippen molar-refractivity contribution in [3.63, 3.8) is 0 Å². The van der Waals surface area contributed by atoms with Crippen molar-refractivity contribution in [1.82, 2.24) is 4.90 Å². The predicted octanol–water partition coefficient (Wildman–Crippen LogP) is 6.04.